The standard InChI is InChI=1S/C15H20F2N2O2/c16-15(17)21-11-6-4-10(5-7-11)8-9-19-14(20)12-2-1-3-13(12)18/h4-7,12-13,15H,1-3,8-9,18H2,(H,19,20). The molecule has 3 N–H and O–H groups in total. The van der Waals surface area contributed by atoms with Gasteiger partial charge in [0.15, 0.2) is 0 Å². The molecule has 2 rings (SSSR count). The lowest BCUT2D eigenvalue weighted by Crippen LogP contribution is -2.39. The third-order valence-corrected chi connectivity index (χ3v) is 3.77. The molecule has 0 aromatic heterocycles. The highest BCUT2D eigenvalue weighted by Crippen LogP contribution is 2.23. The first kappa shape index (κ1) is 15.7. The predicted molar refractivity (Wildman–Crippen MR) is 75.1 cm³/mol. The Morgan fingerprint density at radius 3 is 2.62 bits per heavy atom. The van der Waals surface area contributed by atoms with Crippen LogP contribution in [0.2, 0.25) is 0 Å². The minimum Gasteiger partial charge on any atom is -0.435 e. The molecule has 1 aliphatic carbocycles. The second-order valence-electron chi connectivity index (χ2n) is 5.26. The van der Waals surface area contributed by atoms with Gasteiger partial charge in [-0.15, -0.1) is 0 Å². The lowest BCUT2D eigenvalue weighted by atomic mass is 10.0. The minimum absolute atomic E-state index is 0.0117. The SMILES string of the molecule is NC1CCCC1C(=O)NCCc1ccc(OC(F)F)cc1. The molecule has 4 nitrogen and oxygen atoms in total. The Kier molecular flexibility index (Phi) is 5.50. The van der Waals surface area contributed by atoms with Gasteiger partial charge in [0.2, 0.25) is 5.91 Å². The fourth-order valence-corrected chi connectivity index (χ4v) is 2.61. The molecule has 1 aromatic rings. The first-order valence-corrected chi connectivity index (χ1v) is 7.13. The number of carbonyl (C=O) groups is 1. The van der Waals surface area contributed by atoms with Crippen LogP contribution in [0, 0.1) is 5.92 Å². The molecule has 0 aliphatic heterocycles. The summed E-state index contributed by atoms with van der Waals surface area (Å²) >= 11 is 0. The number of rotatable bonds is 6. The summed E-state index contributed by atoms with van der Waals surface area (Å²) in [5.74, 6) is 0.0687. The molecule has 0 bridgehead atoms. The summed E-state index contributed by atoms with van der Waals surface area (Å²) in [5, 5.41) is 2.88. The van der Waals surface area contributed by atoms with Gasteiger partial charge in [0.05, 0.1) is 5.92 Å². The van der Waals surface area contributed by atoms with Crippen molar-refractivity contribution in [2.24, 2.45) is 11.7 Å². The fraction of sp³-hybridized carbons (Fsp3) is 0.533. The number of nitrogens with two attached hydrogens (primary N) is 1. The summed E-state index contributed by atoms with van der Waals surface area (Å²) in [6, 6.07) is 6.39. The number of ether oxygens (including phenoxy) is 1. The van der Waals surface area contributed by atoms with Crippen LogP contribution in [-0.2, 0) is 11.2 Å². The highest BCUT2D eigenvalue weighted by molar-refractivity contribution is 5.79. The zero-order chi connectivity index (χ0) is 15.2. The van der Waals surface area contributed by atoms with E-state index in [2.05, 4.69) is 10.1 Å². The van der Waals surface area contributed by atoms with Crippen LogP contribution < -0.4 is 15.8 Å². The average Bonchev–Trinajstić information content (AvgIpc) is 2.86. The van der Waals surface area contributed by atoms with E-state index in [0.717, 1.165) is 24.8 Å². The van der Waals surface area contributed by atoms with Gasteiger partial charge in [0.25, 0.3) is 0 Å². The summed E-state index contributed by atoms with van der Waals surface area (Å²) in [5.41, 5.74) is 6.83. The lowest BCUT2D eigenvalue weighted by Gasteiger charge is -2.15. The highest BCUT2D eigenvalue weighted by atomic mass is 19.3. The van der Waals surface area contributed by atoms with Crippen molar-refractivity contribution in [3.05, 3.63) is 29.8 Å². The van der Waals surface area contributed by atoms with E-state index in [4.69, 9.17) is 5.73 Å². The molecular weight excluding hydrogens is 278 g/mol. The number of halogens is 2. The first-order valence-electron chi connectivity index (χ1n) is 7.13. The zero-order valence-corrected chi connectivity index (χ0v) is 11.7. The number of benzene rings is 1. The molecule has 0 saturated heterocycles. The Hall–Kier alpha value is -1.69. The highest BCUT2D eigenvalue weighted by Gasteiger charge is 2.29. The molecule has 1 fully saturated rings. The normalized spacial score (nSPS) is 21.5. The maximum absolute atomic E-state index is 12.0. The van der Waals surface area contributed by atoms with Crippen molar-refractivity contribution < 1.29 is 18.3 Å². The second kappa shape index (κ2) is 7.36. The molecule has 0 spiro atoms. The Balaban J connectivity index is 1.74. The van der Waals surface area contributed by atoms with Crippen LogP contribution in [0.4, 0.5) is 8.78 Å². The van der Waals surface area contributed by atoms with E-state index >= 15 is 0 Å². The van der Waals surface area contributed by atoms with Crippen molar-refractivity contribution in [3.63, 3.8) is 0 Å². The number of amides is 1. The molecule has 1 aliphatic rings. The summed E-state index contributed by atoms with van der Waals surface area (Å²) < 4.78 is 28.3. The van der Waals surface area contributed by atoms with Gasteiger partial charge in [0.1, 0.15) is 5.75 Å². The molecule has 1 aromatic carbocycles. The van der Waals surface area contributed by atoms with Crippen LogP contribution in [0.5, 0.6) is 5.75 Å². The number of hydrogen-bond acceptors (Lipinski definition) is 3. The van der Waals surface area contributed by atoms with Crippen LogP contribution in [0.15, 0.2) is 24.3 Å². The van der Waals surface area contributed by atoms with Gasteiger partial charge in [-0.2, -0.15) is 8.78 Å². The van der Waals surface area contributed by atoms with Crippen LogP contribution in [0.1, 0.15) is 24.8 Å². The van der Waals surface area contributed by atoms with Crippen molar-refractivity contribution in [3.8, 4) is 5.75 Å². The van der Waals surface area contributed by atoms with Crippen LogP contribution in [0.3, 0.4) is 0 Å². The molecule has 116 valence electrons. The number of nitrogens with one attached hydrogen (secondary N) is 1. The van der Waals surface area contributed by atoms with Gasteiger partial charge in [-0.25, -0.2) is 0 Å². The molecular formula is C15H20F2N2O2. The Morgan fingerprint density at radius 2 is 2.05 bits per heavy atom. The summed E-state index contributed by atoms with van der Waals surface area (Å²) in [6.07, 6.45) is 3.41. The summed E-state index contributed by atoms with van der Waals surface area (Å²) in [6.45, 7) is -2.30. The van der Waals surface area contributed by atoms with Gasteiger partial charge in [0, 0.05) is 12.6 Å². The fourth-order valence-electron chi connectivity index (χ4n) is 2.61. The molecule has 2 unspecified atom stereocenters. The minimum atomic E-state index is -2.81. The molecule has 6 heteroatoms. The van der Waals surface area contributed by atoms with Crippen molar-refractivity contribution >= 4 is 5.91 Å². The topological polar surface area (TPSA) is 64.4 Å². The van der Waals surface area contributed by atoms with Crippen molar-refractivity contribution in [1.29, 1.82) is 0 Å². The van der Waals surface area contributed by atoms with E-state index in [1.165, 1.54) is 12.1 Å². The quantitative estimate of drug-likeness (QED) is 0.845. The van der Waals surface area contributed by atoms with Crippen LogP contribution in [-0.4, -0.2) is 25.1 Å². The molecule has 1 saturated carbocycles. The third-order valence-electron chi connectivity index (χ3n) is 3.77. The van der Waals surface area contributed by atoms with E-state index in [1.807, 2.05) is 0 Å². The largest absolute Gasteiger partial charge is 0.435 e. The average molecular weight is 298 g/mol. The Morgan fingerprint density at radius 1 is 1.33 bits per heavy atom. The van der Waals surface area contributed by atoms with Gasteiger partial charge in [-0.3, -0.25) is 4.79 Å². The second-order valence-corrected chi connectivity index (χ2v) is 5.26. The predicted octanol–water partition coefficient (Wildman–Crippen LogP) is 2.07. The van der Waals surface area contributed by atoms with Gasteiger partial charge in [-0.05, 0) is 37.0 Å². The molecule has 21 heavy (non-hydrogen) atoms. The molecule has 1 amide bonds. The van der Waals surface area contributed by atoms with Crippen molar-refractivity contribution in [1.82, 2.24) is 5.32 Å². The van der Waals surface area contributed by atoms with E-state index in [9.17, 15) is 13.6 Å². The van der Waals surface area contributed by atoms with Crippen LogP contribution >= 0.6 is 0 Å². The Labute approximate surface area is 122 Å². The lowest BCUT2D eigenvalue weighted by molar-refractivity contribution is -0.125. The smallest absolute Gasteiger partial charge is 0.387 e. The number of carbonyl (C=O) groups excluding carboxylic acids is 1. The monoisotopic (exact) mass is 298 g/mol. The number of hydrogen-bond donors (Lipinski definition) is 2. The third kappa shape index (κ3) is 4.67. The maximum atomic E-state index is 12.0. The summed E-state index contributed by atoms with van der Waals surface area (Å²) in [4.78, 5) is 11.9. The zero-order valence-electron chi connectivity index (χ0n) is 11.7. The first-order chi connectivity index (χ1) is 10.1. The van der Waals surface area contributed by atoms with Gasteiger partial charge >= 0.3 is 6.61 Å². The summed E-state index contributed by atoms with van der Waals surface area (Å²) in [7, 11) is 0. The van der Waals surface area contributed by atoms with E-state index < -0.39 is 6.61 Å². The van der Waals surface area contributed by atoms with Crippen LogP contribution in [0.25, 0.3) is 0 Å². The van der Waals surface area contributed by atoms with Crippen molar-refractivity contribution in [2.75, 3.05) is 6.54 Å². The van der Waals surface area contributed by atoms with Gasteiger partial charge < -0.3 is 15.8 Å². The van der Waals surface area contributed by atoms with Gasteiger partial charge in [-0.1, -0.05) is 18.6 Å². The molecule has 0 radical (unpaired) electrons. The number of alkyl halides is 2. The van der Waals surface area contributed by atoms with E-state index in [1.54, 1.807) is 12.1 Å². The molecule has 0 heterocycles. The maximum Gasteiger partial charge on any atom is 0.387 e. The Bertz CT molecular complexity index is 465. The van der Waals surface area contributed by atoms with E-state index in [-0.39, 0.29) is 23.6 Å². The van der Waals surface area contributed by atoms with Crippen molar-refractivity contribution in [2.45, 2.75) is 38.3 Å². The molecule has 2 atom stereocenters. The van der Waals surface area contributed by atoms with E-state index in [0.29, 0.717) is 13.0 Å².